The first-order valence-corrected chi connectivity index (χ1v) is 6.58. The zero-order valence-corrected chi connectivity index (χ0v) is 11.0. The smallest absolute Gasteiger partial charge is 0.0656 e. The lowest BCUT2D eigenvalue weighted by Crippen LogP contribution is -2.50. The van der Waals surface area contributed by atoms with E-state index in [0.29, 0.717) is 6.04 Å². The maximum atomic E-state index is 2.69. The summed E-state index contributed by atoms with van der Waals surface area (Å²) in [7, 11) is 0. The fourth-order valence-electron chi connectivity index (χ4n) is 3.73. The third kappa shape index (κ3) is 1.49. The molecule has 90 valence electrons. The average Bonchev–Trinajstić information content (AvgIpc) is 2.86. The highest BCUT2D eigenvalue weighted by Gasteiger charge is 2.52. The predicted molar refractivity (Wildman–Crippen MR) is 71.9 cm³/mol. The number of hydrogen-bond donors (Lipinski definition) is 0. The Balaban J connectivity index is 2.09. The molecular weight excluding hydrogens is 206 g/mol. The summed E-state index contributed by atoms with van der Waals surface area (Å²) in [5.74, 6) is 0. The highest BCUT2D eigenvalue weighted by molar-refractivity contribution is 5.38. The van der Waals surface area contributed by atoms with Crippen molar-refractivity contribution >= 4 is 0 Å². The van der Waals surface area contributed by atoms with Gasteiger partial charge >= 0.3 is 0 Å². The van der Waals surface area contributed by atoms with Crippen LogP contribution >= 0.6 is 0 Å². The fraction of sp³-hybridized carbons (Fsp3) is 0.500. The Morgan fingerprint density at radius 2 is 1.88 bits per heavy atom. The Bertz CT molecular complexity index is 440. The van der Waals surface area contributed by atoms with Gasteiger partial charge in [-0.05, 0) is 39.2 Å². The van der Waals surface area contributed by atoms with Crippen molar-refractivity contribution in [3.8, 4) is 0 Å². The molecule has 17 heavy (non-hydrogen) atoms. The van der Waals surface area contributed by atoms with E-state index in [2.05, 4.69) is 68.2 Å². The van der Waals surface area contributed by atoms with Crippen molar-refractivity contribution in [2.75, 3.05) is 0 Å². The van der Waals surface area contributed by atoms with Gasteiger partial charge in [0, 0.05) is 11.6 Å². The molecule has 1 nitrogen and oxygen atoms in total. The van der Waals surface area contributed by atoms with Crippen LogP contribution in [0.25, 0.3) is 0 Å². The molecule has 2 unspecified atom stereocenters. The molecule has 1 saturated heterocycles. The molecule has 1 aromatic rings. The van der Waals surface area contributed by atoms with Gasteiger partial charge in [-0.1, -0.05) is 42.5 Å². The van der Waals surface area contributed by atoms with Crippen molar-refractivity contribution < 1.29 is 0 Å². The van der Waals surface area contributed by atoms with Crippen LogP contribution in [0.15, 0.2) is 42.5 Å². The van der Waals surface area contributed by atoms with Crippen LogP contribution in [0.1, 0.15) is 39.2 Å². The summed E-state index contributed by atoms with van der Waals surface area (Å²) in [4.78, 5) is 2.69. The van der Waals surface area contributed by atoms with Crippen LogP contribution in [0.4, 0.5) is 0 Å². The van der Waals surface area contributed by atoms with Gasteiger partial charge in [0.2, 0.25) is 0 Å². The van der Waals surface area contributed by atoms with Crippen LogP contribution in [0.5, 0.6) is 0 Å². The maximum Gasteiger partial charge on any atom is 0.0656 e. The monoisotopic (exact) mass is 227 g/mol. The second kappa shape index (κ2) is 3.46. The Hall–Kier alpha value is -1.08. The minimum atomic E-state index is 0.157. The topological polar surface area (TPSA) is 3.24 Å². The van der Waals surface area contributed by atoms with Gasteiger partial charge in [0.15, 0.2) is 0 Å². The zero-order chi connectivity index (χ0) is 12.1. The molecule has 1 heteroatoms. The molecule has 3 rings (SSSR count). The lowest BCUT2D eigenvalue weighted by atomic mass is 9.84. The predicted octanol–water partition coefficient (Wildman–Crippen LogP) is 3.71. The van der Waals surface area contributed by atoms with Gasteiger partial charge in [-0.25, -0.2) is 0 Å². The van der Waals surface area contributed by atoms with Gasteiger partial charge in [0.25, 0.3) is 0 Å². The number of benzene rings is 1. The molecule has 1 aromatic carbocycles. The van der Waals surface area contributed by atoms with Crippen LogP contribution in [-0.2, 0) is 5.54 Å². The van der Waals surface area contributed by atoms with E-state index in [1.165, 1.54) is 18.4 Å². The van der Waals surface area contributed by atoms with E-state index < -0.39 is 0 Å². The first-order chi connectivity index (χ1) is 8.04. The molecule has 2 bridgehead atoms. The van der Waals surface area contributed by atoms with Crippen molar-refractivity contribution in [3.63, 3.8) is 0 Å². The van der Waals surface area contributed by atoms with E-state index in [9.17, 15) is 0 Å². The van der Waals surface area contributed by atoms with Gasteiger partial charge < -0.3 is 0 Å². The molecule has 0 N–H and O–H groups in total. The third-order valence-corrected chi connectivity index (χ3v) is 4.17. The fourth-order valence-corrected chi connectivity index (χ4v) is 3.73. The summed E-state index contributed by atoms with van der Waals surface area (Å²) in [6.07, 6.45) is 7.39. The quantitative estimate of drug-likeness (QED) is 0.661. The summed E-state index contributed by atoms with van der Waals surface area (Å²) in [6.45, 7) is 6.99. The summed E-state index contributed by atoms with van der Waals surface area (Å²) in [5, 5.41) is 0. The molecule has 1 fully saturated rings. The highest BCUT2D eigenvalue weighted by atomic mass is 15.3. The standard InChI is InChI=1S/C16H21N/c1-15(2,3)17-14-9-11-16(17,12-10-14)13-7-5-4-6-8-13/h4-9,11,14H,10,12H2,1-3H3. The number of hydrogen-bond acceptors (Lipinski definition) is 1. The second-order valence-electron chi connectivity index (χ2n) is 6.30. The largest absolute Gasteiger partial charge is 0.279 e. The maximum absolute atomic E-state index is 2.69. The Labute approximate surface area is 104 Å². The number of rotatable bonds is 1. The third-order valence-electron chi connectivity index (χ3n) is 4.17. The molecule has 0 spiro atoms. The lowest BCUT2D eigenvalue weighted by Gasteiger charge is -2.44. The molecule has 2 aliphatic heterocycles. The van der Waals surface area contributed by atoms with E-state index >= 15 is 0 Å². The van der Waals surface area contributed by atoms with E-state index in [1.807, 2.05) is 0 Å². The first-order valence-electron chi connectivity index (χ1n) is 6.58. The summed E-state index contributed by atoms with van der Waals surface area (Å²) < 4.78 is 0. The Morgan fingerprint density at radius 3 is 2.41 bits per heavy atom. The van der Waals surface area contributed by atoms with Crippen LogP contribution in [0.2, 0.25) is 0 Å². The van der Waals surface area contributed by atoms with Crippen molar-refractivity contribution in [2.24, 2.45) is 0 Å². The lowest BCUT2D eigenvalue weighted by molar-refractivity contribution is 0.0643. The minimum Gasteiger partial charge on any atom is -0.279 e. The highest BCUT2D eigenvalue weighted by Crippen LogP contribution is 2.51. The molecule has 0 aliphatic carbocycles. The molecule has 2 atom stereocenters. The molecule has 0 aromatic heterocycles. The van der Waals surface area contributed by atoms with Crippen molar-refractivity contribution in [1.82, 2.24) is 4.90 Å². The molecule has 0 radical (unpaired) electrons. The van der Waals surface area contributed by atoms with Crippen LogP contribution < -0.4 is 0 Å². The Kier molecular flexibility index (Phi) is 2.24. The SMILES string of the molecule is CC(C)(C)N1C2C=CC1(c1ccccc1)CC2. The van der Waals surface area contributed by atoms with Crippen LogP contribution in [0.3, 0.4) is 0 Å². The molecule has 2 aliphatic rings. The molecular formula is C16H21N. The van der Waals surface area contributed by atoms with E-state index in [1.54, 1.807) is 0 Å². The van der Waals surface area contributed by atoms with Crippen LogP contribution in [0, 0.1) is 0 Å². The summed E-state index contributed by atoms with van der Waals surface area (Å²) in [6, 6.07) is 11.6. The summed E-state index contributed by atoms with van der Waals surface area (Å²) in [5.41, 5.74) is 1.83. The van der Waals surface area contributed by atoms with Crippen molar-refractivity contribution in [3.05, 3.63) is 48.0 Å². The first kappa shape index (κ1) is 11.0. The van der Waals surface area contributed by atoms with Crippen molar-refractivity contribution in [2.45, 2.75) is 50.7 Å². The number of nitrogens with zero attached hydrogens (tertiary/aromatic N) is 1. The van der Waals surface area contributed by atoms with E-state index in [-0.39, 0.29) is 11.1 Å². The van der Waals surface area contributed by atoms with Gasteiger partial charge in [-0.3, -0.25) is 4.90 Å². The zero-order valence-electron chi connectivity index (χ0n) is 11.0. The molecule has 2 heterocycles. The van der Waals surface area contributed by atoms with E-state index in [4.69, 9.17) is 0 Å². The Morgan fingerprint density at radius 1 is 1.18 bits per heavy atom. The van der Waals surface area contributed by atoms with Gasteiger partial charge in [-0.2, -0.15) is 0 Å². The summed E-state index contributed by atoms with van der Waals surface area (Å²) >= 11 is 0. The van der Waals surface area contributed by atoms with E-state index in [0.717, 1.165) is 0 Å². The van der Waals surface area contributed by atoms with Crippen molar-refractivity contribution in [1.29, 1.82) is 0 Å². The number of fused-ring (bicyclic) bond motifs is 2. The van der Waals surface area contributed by atoms with Gasteiger partial charge in [0.1, 0.15) is 0 Å². The molecule has 0 saturated carbocycles. The molecule has 0 amide bonds. The second-order valence-corrected chi connectivity index (χ2v) is 6.30. The van der Waals surface area contributed by atoms with Gasteiger partial charge in [-0.15, -0.1) is 0 Å². The van der Waals surface area contributed by atoms with Crippen LogP contribution in [-0.4, -0.2) is 16.5 Å². The minimum absolute atomic E-state index is 0.157. The normalized spacial score (nSPS) is 32.3. The average molecular weight is 227 g/mol. The van der Waals surface area contributed by atoms with Gasteiger partial charge in [0.05, 0.1) is 5.54 Å².